The Morgan fingerprint density at radius 1 is 1.23 bits per heavy atom. The molecule has 12 heteroatoms. The van der Waals surface area contributed by atoms with Crippen LogP contribution in [0.4, 0.5) is 18.9 Å². The van der Waals surface area contributed by atoms with Gasteiger partial charge in [0.1, 0.15) is 0 Å². The van der Waals surface area contributed by atoms with Crippen molar-refractivity contribution < 1.29 is 32.7 Å². The lowest BCUT2D eigenvalue weighted by molar-refractivity contribution is -0.215. The molecule has 2 rings (SSSR count). The van der Waals surface area contributed by atoms with Gasteiger partial charge in [0.05, 0.1) is 17.5 Å². The number of nitrogens with two attached hydrogens (primary N) is 2. The number of alkyl halides is 3. The molecule has 1 amide bonds. The fourth-order valence-corrected chi connectivity index (χ4v) is 4.33. The smallest absolute Gasteiger partial charge is 0.398 e. The van der Waals surface area contributed by atoms with Gasteiger partial charge in [-0.3, -0.25) is 19.7 Å². The van der Waals surface area contributed by atoms with E-state index in [0.29, 0.717) is 6.42 Å². The Labute approximate surface area is 206 Å². The number of halogens is 4. The van der Waals surface area contributed by atoms with Gasteiger partial charge in [-0.25, -0.2) is 0 Å². The second-order valence-corrected chi connectivity index (χ2v) is 10.2. The Hall–Kier alpha value is -2.21. The summed E-state index contributed by atoms with van der Waals surface area (Å²) in [5, 5.41) is 15.0. The quantitative estimate of drug-likeness (QED) is 0.190. The van der Waals surface area contributed by atoms with E-state index in [9.17, 15) is 32.7 Å². The standard InChI is InChI=1S/C23H32ClF3N4O4/c1-11(2)15(18(33)23(25,26)27)31-20(35)22(8-5-9-30-22)19(34)16(29)21(3,4)17(32)13-10-12(24)6-7-14(13)28/h6-7,10-11,15-16,18,30,33H,5,8-9,28-29H2,1-4H3,(H,31,35)/t15?,16-,18?,22+/m1/s1. The van der Waals surface area contributed by atoms with Gasteiger partial charge in [0, 0.05) is 16.3 Å². The van der Waals surface area contributed by atoms with Crippen LogP contribution in [0, 0.1) is 11.3 Å². The van der Waals surface area contributed by atoms with Crippen LogP contribution in [0.5, 0.6) is 0 Å². The zero-order valence-corrected chi connectivity index (χ0v) is 20.8. The van der Waals surface area contributed by atoms with Crippen molar-refractivity contribution in [1.29, 1.82) is 0 Å². The summed E-state index contributed by atoms with van der Waals surface area (Å²) in [5.41, 5.74) is 8.83. The number of nitrogens with one attached hydrogen (secondary N) is 2. The van der Waals surface area contributed by atoms with E-state index in [1.54, 1.807) is 0 Å². The predicted molar refractivity (Wildman–Crippen MR) is 126 cm³/mol. The zero-order chi connectivity index (χ0) is 26.9. The summed E-state index contributed by atoms with van der Waals surface area (Å²) < 4.78 is 39.5. The fraction of sp³-hybridized carbons (Fsp3) is 0.609. The highest BCUT2D eigenvalue weighted by molar-refractivity contribution is 6.31. The molecule has 0 aromatic heterocycles. The number of amides is 1. The van der Waals surface area contributed by atoms with Gasteiger partial charge in [0.25, 0.3) is 0 Å². The number of aliphatic hydroxyl groups is 1. The number of anilines is 1. The molecule has 1 saturated heterocycles. The number of carbonyl (C=O) groups excluding carboxylic acids is 3. The summed E-state index contributed by atoms with van der Waals surface area (Å²) >= 11 is 5.98. The van der Waals surface area contributed by atoms with Crippen molar-refractivity contribution >= 4 is 34.8 Å². The van der Waals surface area contributed by atoms with Gasteiger partial charge in [-0.05, 0) is 43.5 Å². The van der Waals surface area contributed by atoms with Crippen LogP contribution in [0.25, 0.3) is 0 Å². The molecule has 4 atom stereocenters. The van der Waals surface area contributed by atoms with Gasteiger partial charge in [-0.15, -0.1) is 0 Å². The molecule has 0 saturated carbocycles. The van der Waals surface area contributed by atoms with Crippen molar-refractivity contribution in [2.75, 3.05) is 12.3 Å². The monoisotopic (exact) mass is 520 g/mol. The van der Waals surface area contributed by atoms with Gasteiger partial charge in [-0.2, -0.15) is 13.2 Å². The van der Waals surface area contributed by atoms with Crippen molar-refractivity contribution in [3.8, 4) is 0 Å². The molecular formula is C23H32ClF3N4O4. The van der Waals surface area contributed by atoms with Gasteiger partial charge < -0.3 is 21.9 Å². The second-order valence-electron chi connectivity index (χ2n) is 9.79. The van der Waals surface area contributed by atoms with Crippen LogP contribution in [-0.2, 0) is 9.59 Å². The number of ketones is 2. The third-order valence-corrected chi connectivity index (χ3v) is 6.80. The number of carbonyl (C=O) groups is 3. The number of aliphatic hydroxyl groups excluding tert-OH is 1. The molecule has 1 aliphatic heterocycles. The van der Waals surface area contributed by atoms with Gasteiger partial charge >= 0.3 is 6.18 Å². The Kier molecular flexibility index (Phi) is 8.64. The van der Waals surface area contributed by atoms with E-state index in [0.717, 1.165) is 0 Å². The average Bonchev–Trinajstić information content (AvgIpc) is 3.27. The fourth-order valence-electron chi connectivity index (χ4n) is 4.15. The van der Waals surface area contributed by atoms with Crippen LogP contribution in [0.15, 0.2) is 18.2 Å². The zero-order valence-electron chi connectivity index (χ0n) is 20.0. The van der Waals surface area contributed by atoms with Crippen molar-refractivity contribution in [1.82, 2.24) is 10.6 Å². The Balaban J connectivity index is 2.39. The molecule has 7 N–H and O–H groups in total. The highest BCUT2D eigenvalue weighted by Gasteiger charge is 2.55. The summed E-state index contributed by atoms with van der Waals surface area (Å²) in [6, 6.07) is 1.06. The van der Waals surface area contributed by atoms with E-state index in [4.69, 9.17) is 23.1 Å². The molecule has 35 heavy (non-hydrogen) atoms. The molecule has 0 spiro atoms. The number of hydrogen-bond acceptors (Lipinski definition) is 7. The lowest BCUT2D eigenvalue weighted by Crippen LogP contribution is -2.68. The number of benzene rings is 1. The van der Waals surface area contributed by atoms with E-state index >= 15 is 0 Å². The van der Waals surface area contributed by atoms with Crippen molar-refractivity contribution in [2.24, 2.45) is 17.1 Å². The minimum Gasteiger partial charge on any atom is -0.398 e. The Bertz CT molecular complexity index is 978. The SMILES string of the molecule is CC(C)C(NC(=O)[C@@]1(C(=O)[C@@H](N)C(C)(C)C(=O)c2cc(Cl)ccc2N)CCCN1)C(O)C(F)(F)F. The molecule has 1 aromatic rings. The largest absolute Gasteiger partial charge is 0.416 e. The minimum absolute atomic E-state index is 0.0398. The van der Waals surface area contributed by atoms with Crippen molar-refractivity contribution in [3.63, 3.8) is 0 Å². The van der Waals surface area contributed by atoms with Crippen LogP contribution in [0.3, 0.4) is 0 Å². The van der Waals surface area contributed by atoms with Gasteiger partial charge in [0.2, 0.25) is 5.91 Å². The summed E-state index contributed by atoms with van der Waals surface area (Å²) in [7, 11) is 0. The molecule has 1 fully saturated rings. The summed E-state index contributed by atoms with van der Waals surface area (Å²) in [5.74, 6) is -3.28. The molecule has 8 nitrogen and oxygen atoms in total. The van der Waals surface area contributed by atoms with Crippen LogP contribution >= 0.6 is 11.6 Å². The minimum atomic E-state index is -4.98. The lowest BCUT2D eigenvalue weighted by atomic mass is 9.71. The van der Waals surface area contributed by atoms with Crippen molar-refractivity contribution in [2.45, 2.75) is 70.4 Å². The summed E-state index contributed by atoms with van der Waals surface area (Å²) in [6.07, 6.45) is -7.49. The number of rotatable bonds is 9. The predicted octanol–water partition coefficient (Wildman–Crippen LogP) is 2.21. The molecule has 196 valence electrons. The Morgan fingerprint density at radius 2 is 1.83 bits per heavy atom. The first-order valence-corrected chi connectivity index (χ1v) is 11.5. The molecule has 1 aliphatic rings. The third kappa shape index (κ3) is 5.79. The first kappa shape index (κ1) is 29.0. The van der Waals surface area contributed by atoms with Crippen LogP contribution < -0.4 is 22.1 Å². The van der Waals surface area contributed by atoms with Crippen LogP contribution in [0.1, 0.15) is 50.9 Å². The molecule has 0 bridgehead atoms. The maximum atomic E-state index is 13.6. The molecule has 1 heterocycles. The maximum absolute atomic E-state index is 13.6. The number of nitrogen functional groups attached to an aromatic ring is 1. The number of hydrogen-bond donors (Lipinski definition) is 5. The van der Waals surface area contributed by atoms with Crippen molar-refractivity contribution in [3.05, 3.63) is 28.8 Å². The Morgan fingerprint density at radius 3 is 2.31 bits per heavy atom. The highest BCUT2D eigenvalue weighted by Crippen LogP contribution is 2.34. The normalized spacial score (nSPS) is 21.5. The molecule has 1 aromatic carbocycles. The molecule has 0 aliphatic carbocycles. The summed E-state index contributed by atoms with van der Waals surface area (Å²) in [6.45, 7) is 5.88. The van der Waals surface area contributed by atoms with E-state index in [1.807, 2.05) is 0 Å². The van der Waals surface area contributed by atoms with Crippen LogP contribution in [-0.4, -0.2) is 59.0 Å². The maximum Gasteiger partial charge on any atom is 0.416 e. The van der Waals surface area contributed by atoms with E-state index < -0.39 is 58.7 Å². The molecule has 2 unspecified atom stereocenters. The van der Waals surface area contributed by atoms with E-state index in [1.165, 1.54) is 45.9 Å². The highest BCUT2D eigenvalue weighted by atomic mass is 35.5. The number of Topliss-reactive ketones (excluding diaryl/α,β-unsaturated/α-hetero) is 2. The van der Waals surface area contributed by atoms with E-state index in [-0.39, 0.29) is 29.2 Å². The van der Waals surface area contributed by atoms with E-state index in [2.05, 4.69) is 10.6 Å². The third-order valence-electron chi connectivity index (χ3n) is 6.56. The van der Waals surface area contributed by atoms with Crippen LogP contribution in [0.2, 0.25) is 5.02 Å². The first-order valence-electron chi connectivity index (χ1n) is 11.2. The summed E-state index contributed by atoms with van der Waals surface area (Å²) in [4.78, 5) is 40.2. The average molecular weight is 521 g/mol. The second kappa shape index (κ2) is 10.4. The van der Waals surface area contributed by atoms with Gasteiger partial charge in [-0.1, -0.05) is 39.3 Å². The molecular weight excluding hydrogens is 489 g/mol. The topological polar surface area (TPSA) is 148 Å². The lowest BCUT2D eigenvalue weighted by Gasteiger charge is -2.38. The first-order chi connectivity index (χ1) is 16.0. The molecule has 0 radical (unpaired) electrons. The van der Waals surface area contributed by atoms with Gasteiger partial charge in [0.15, 0.2) is 23.2 Å².